The summed E-state index contributed by atoms with van der Waals surface area (Å²) in [7, 11) is 0. The lowest BCUT2D eigenvalue weighted by molar-refractivity contribution is -0.138. The number of hydrogen-bond donors (Lipinski definition) is 2. The third kappa shape index (κ3) is 4.19. The Kier molecular flexibility index (Phi) is 6.35. The highest BCUT2D eigenvalue weighted by Gasteiger charge is 2.30. The first-order valence-corrected chi connectivity index (χ1v) is 10.1. The Morgan fingerprint density at radius 1 is 1.25 bits per heavy atom. The summed E-state index contributed by atoms with van der Waals surface area (Å²) >= 11 is 1.42. The van der Waals surface area contributed by atoms with E-state index in [2.05, 4.69) is 20.8 Å². The number of hydrogen-bond acceptors (Lipinski definition) is 6. The van der Waals surface area contributed by atoms with Crippen LogP contribution >= 0.6 is 11.8 Å². The molecule has 0 fully saturated rings. The number of carbonyl (C=O) groups is 2. The predicted molar refractivity (Wildman–Crippen MR) is 107 cm³/mol. The molecule has 0 saturated carbocycles. The number of benzene rings is 1. The van der Waals surface area contributed by atoms with Crippen LogP contribution in [0.5, 0.6) is 0 Å². The van der Waals surface area contributed by atoms with E-state index < -0.39 is 12.0 Å². The molecule has 3 rings (SSSR count). The van der Waals surface area contributed by atoms with E-state index in [9.17, 15) is 9.59 Å². The molecule has 2 amide bonds. The summed E-state index contributed by atoms with van der Waals surface area (Å²) in [6.45, 7) is 6.51. The van der Waals surface area contributed by atoms with E-state index in [-0.39, 0.29) is 12.6 Å². The third-order valence-electron chi connectivity index (χ3n) is 4.28. The van der Waals surface area contributed by atoms with E-state index in [1.54, 1.807) is 13.8 Å². The fourth-order valence-electron chi connectivity index (χ4n) is 3.01. The van der Waals surface area contributed by atoms with E-state index in [0.29, 0.717) is 23.6 Å². The quantitative estimate of drug-likeness (QED) is 0.547. The number of nitrogens with one attached hydrogen (secondary N) is 2. The topological polar surface area (TPSA) is 98.1 Å². The molecule has 8 nitrogen and oxygen atoms in total. The first-order chi connectivity index (χ1) is 13.5. The number of esters is 1. The van der Waals surface area contributed by atoms with Gasteiger partial charge in [-0.1, -0.05) is 42.1 Å². The second-order valence-electron chi connectivity index (χ2n) is 6.14. The molecule has 9 heteroatoms. The highest BCUT2D eigenvalue weighted by Crippen LogP contribution is 2.26. The molecule has 0 bridgehead atoms. The molecule has 1 aromatic carbocycles. The van der Waals surface area contributed by atoms with Gasteiger partial charge in [0.2, 0.25) is 0 Å². The van der Waals surface area contributed by atoms with E-state index in [4.69, 9.17) is 4.74 Å². The average Bonchev–Trinajstić information content (AvgIpc) is 3.09. The lowest BCUT2D eigenvalue weighted by Crippen LogP contribution is -2.49. The van der Waals surface area contributed by atoms with Crippen molar-refractivity contribution < 1.29 is 14.3 Å². The van der Waals surface area contributed by atoms with Crippen LogP contribution in [0.1, 0.15) is 20.8 Å². The number of carbonyl (C=O) groups excluding carboxylic acids is 2. The summed E-state index contributed by atoms with van der Waals surface area (Å²) in [6.07, 6.45) is 0. The van der Waals surface area contributed by atoms with E-state index in [0.717, 1.165) is 16.5 Å². The minimum atomic E-state index is -0.431. The number of nitrogens with zero attached hydrogens (tertiary/aromatic N) is 3. The molecule has 2 heterocycles. The molecule has 2 N–H and O–H groups in total. The first-order valence-electron chi connectivity index (χ1n) is 9.14. The fourth-order valence-corrected chi connectivity index (χ4v) is 3.98. The maximum atomic E-state index is 12.3. The Labute approximate surface area is 167 Å². The standard InChI is InChI=1S/C19H23N5O3S/c1-4-24-16(13-9-7-6-8-10-13)22-23-19(24)28-11-14-15(17(25)27-5-2)12(3)20-18(26)21-14/h6-10,12H,4-5,11H2,1-3H3,(H2,20,21,26)/t12-/m1/s1. The molecule has 148 valence electrons. The number of amides is 2. The minimum absolute atomic E-state index is 0.272. The molecular weight excluding hydrogens is 378 g/mol. The maximum Gasteiger partial charge on any atom is 0.337 e. The highest BCUT2D eigenvalue weighted by atomic mass is 32.2. The second-order valence-corrected chi connectivity index (χ2v) is 7.08. The Bertz CT molecular complexity index is 894. The van der Waals surface area contributed by atoms with Crippen molar-refractivity contribution >= 4 is 23.8 Å². The predicted octanol–water partition coefficient (Wildman–Crippen LogP) is 2.58. The smallest absolute Gasteiger partial charge is 0.337 e. The van der Waals surface area contributed by atoms with Gasteiger partial charge in [-0.25, -0.2) is 9.59 Å². The van der Waals surface area contributed by atoms with Gasteiger partial charge in [-0.05, 0) is 20.8 Å². The van der Waals surface area contributed by atoms with Crippen LogP contribution in [0.4, 0.5) is 4.79 Å². The van der Waals surface area contributed by atoms with Crippen molar-refractivity contribution in [3.8, 4) is 11.4 Å². The monoisotopic (exact) mass is 401 g/mol. The van der Waals surface area contributed by atoms with Crippen LogP contribution in [0.25, 0.3) is 11.4 Å². The molecule has 28 heavy (non-hydrogen) atoms. The lowest BCUT2D eigenvalue weighted by atomic mass is 10.1. The van der Waals surface area contributed by atoms with Gasteiger partial charge in [0, 0.05) is 23.6 Å². The first kappa shape index (κ1) is 19.9. The summed E-state index contributed by atoms with van der Waals surface area (Å²) < 4.78 is 7.16. The summed E-state index contributed by atoms with van der Waals surface area (Å²) in [4.78, 5) is 24.2. The number of urea groups is 1. The minimum Gasteiger partial charge on any atom is -0.463 e. The van der Waals surface area contributed by atoms with E-state index in [1.807, 2.05) is 41.8 Å². The lowest BCUT2D eigenvalue weighted by Gasteiger charge is -2.26. The van der Waals surface area contributed by atoms with E-state index >= 15 is 0 Å². The van der Waals surface area contributed by atoms with Gasteiger partial charge in [-0.2, -0.15) is 0 Å². The molecule has 0 aliphatic carbocycles. The molecule has 2 aromatic rings. The molecule has 1 aliphatic rings. The van der Waals surface area contributed by atoms with Crippen LogP contribution < -0.4 is 10.6 Å². The Morgan fingerprint density at radius 2 is 2.00 bits per heavy atom. The maximum absolute atomic E-state index is 12.3. The van der Waals surface area contributed by atoms with Crippen LogP contribution in [0, 0.1) is 0 Å². The van der Waals surface area contributed by atoms with Crippen molar-refractivity contribution in [3.05, 3.63) is 41.6 Å². The molecule has 0 unspecified atom stereocenters. The van der Waals surface area contributed by atoms with Crippen molar-refractivity contribution in [1.82, 2.24) is 25.4 Å². The van der Waals surface area contributed by atoms with Crippen LogP contribution in [-0.4, -0.2) is 45.2 Å². The molecule has 0 radical (unpaired) electrons. The second kappa shape index (κ2) is 8.92. The van der Waals surface area contributed by atoms with Gasteiger partial charge in [0.05, 0.1) is 18.2 Å². The van der Waals surface area contributed by atoms with Crippen LogP contribution in [0.2, 0.25) is 0 Å². The normalized spacial score (nSPS) is 16.5. The highest BCUT2D eigenvalue weighted by molar-refractivity contribution is 7.99. The van der Waals surface area contributed by atoms with Gasteiger partial charge in [-0.3, -0.25) is 0 Å². The average molecular weight is 401 g/mol. The van der Waals surface area contributed by atoms with Crippen molar-refractivity contribution in [3.63, 3.8) is 0 Å². The van der Waals surface area contributed by atoms with Crippen molar-refractivity contribution in [2.24, 2.45) is 0 Å². The van der Waals surface area contributed by atoms with Crippen molar-refractivity contribution in [1.29, 1.82) is 0 Å². The Morgan fingerprint density at radius 3 is 2.68 bits per heavy atom. The number of ether oxygens (including phenoxy) is 1. The number of rotatable bonds is 7. The molecule has 1 aliphatic heterocycles. The van der Waals surface area contributed by atoms with Gasteiger partial charge in [0.15, 0.2) is 11.0 Å². The summed E-state index contributed by atoms with van der Waals surface area (Å²) in [5.41, 5.74) is 1.95. The Hall–Kier alpha value is -2.81. The van der Waals surface area contributed by atoms with Gasteiger partial charge in [0.1, 0.15) is 0 Å². The summed E-state index contributed by atoms with van der Waals surface area (Å²) in [5.74, 6) is 0.728. The van der Waals surface area contributed by atoms with Crippen molar-refractivity contribution in [2.45, 2.75) is 38.5 Å². The third-order valence-corrected chi connectivity index (χ3v) is 5.27. The van der Waals surface area contributed by atoms with Gasteiger partial charge in [-0.15, -0.1) is 10.2 Å². The summed E-state index contributed by atoms with van der Waals surface area (Å²) in [6, 6.07) is 9.08. The van der Waals surface area contributed by atoms with Crippen LogP contribution in [0.3, 0.4) is 0 Å². The number of aromatic nitrogens is 3. The van der Waals surface area contributed by atoms with Crippen LogP contribution in [0.15, 0.2) is 46.8 Å². The number of thioether (sulfide) groups is 1. The van der Waals surface area contributed by atoms with Gasteiger partial charge in [0.25, 0.3) is 0 Å². The Balaban J connectivity index is 1.85. The zero-order chi connectivity index (χ0) is 20.1. The molecule has 1 atom stereocenters. The van der Waals surface area contributed by atoms with Crippen LogP contribution in [-0.2, 0) is 16.1 Å². The molecular formula is C19H23N5O3S. The van der Waals surface area contributed by atoms with Crippen molar-refractivity contribution in [2.75, 3.05) is 12.4 Å². The largest absolute Gasteiger partial charge is 0.463 e. The molecule has 1 aromatic heterocycles. The zero-order valence-electron chi connectivity index (χ0n) is 16.1. The fraction of sp³-hybridized carbons (Fsp3) is 0.368. The zero-order valence-corrected chi connectivity index (χ0v) is 16.9. The molecule has 0 saturated heterocycles. The summed E-state index contributed by atoms with van der Waals surface area (Å²) in [5, 5.41) is 14.8. The van der Waals surface area contributed by atoms with E-state index in [1.165, 1.54) is 11.8 Å². The SMILES string of the molecule is CCOC(=O)C1=C(CSc2nnc(-c3ccccc3)n2CC)NC(=O)N[C@@H]1C. The molecule has 0 spiro atoms. The van der Waals surface area contributed by atoms with Gasteiger partial charge >= 0.3 is 12.0 Å². The van der Waals surface area contributed by atoms with Gasteiger partial charge < -0.3 is 19.9 Å².